The van der Waals surface area contributed by atoms with Crippen molar-refractivity contribution in [2.24, 2.45) is 0 Å². The maximum atomic E-state index is 12.3. The third-order valence-corrected chi connectivity index (χ3v) is 3.76. The van der Waals surface area contributed by atoms with Crippen LogP contribution in [-0.4, -0.2) is 28.0 Å². The zero-order chi connectivity index (χ0) is 17.1. The highest BCUT2D eigenvalue weighted by molar-refractivity contribution is 6.00. The number of phenolic OH excluding ortho intramolecular Hbond substituents is 1. The molecule has 0 amide bonds. The number of phenols is 1. The molecule has 2 rings (SSSR count). The first-order chi connectivity index (χ1) is 10.8. The number of aryl methyl sites for hydroxylation is 1. The van der Waals surface area contributed by atoms with E-state index in [4.69, 9.17) is 4.74 Å². The molecule has 1 N–H and O–H groups in total. The van der Waals surface area contributed by atoms with E-state index >= 15 is 0 Å². The Morgan fingerprint density at radius 2 is 1.83 bits per heavy atom. The molecule has 0 saturated carbocycles. The number of rotatable bonds is 5. The second-order valence-electron chi connectivity index (χ2n) is 5.77. The summed E-state index contributed by atoms with van der Waals surface area (Å²) in [5, 5.41) is 9.62. The number of para-hydroxylation sites is 1. The molecule has 0 aliphatic carbocycles. The van der Waals surface area contributed by atoms with Crippen molar-refractivity contribution in [3.05, 3.63) is 52.8 Å². The summed E-state index contributed by atoms with van der Waals surface area (Å²) in [6.45, 7) is 7.57. The van der Waals surface area contributed by atoms with E-state index in [0.717, 1.165) is 11.4 Å². The van der Waals surface area contributed by atoms with Gasteiger partial charge in [-0.05, 0) is 45.9 Å². The molecule has 5 heteroatoms. The van der Waals surface area contributed by atoms with Gasteiger partial charge in [0.25, 0.3) is 0 Å². The lowest BCUT2D eigenvalue weighted by Gasteiger charge is -2.13. The van der Waals surface area contributed by atoms with E-state index in [1.54, 1.807) is 12.1 Å². The normalized spacial score (nSPS) is 10.8. The van der Waals surface area contributed by atoms with Crippen molar-refractivity contribution in [1.82, 2.24) is 4.57 Å². The molecule has 0 unspecified atom stereocenters. The number of nitrogens with zero attached hydrogens (tertiary/aromatic N) is 1. The molecule has 1 aromatic carbocycles. The topological polar surface area (TPSA) is 68.5 Å². The fourth-order valence-electron chi connectivity index (χ4n) is 2.79. The number of hydrogen-bond donors (Lipinski definition) is 1. The second kappa shape index (κ2) is 6.69. The van der Waals surface area contributed by atoms with E-state index in [2.05, 4.69) is 4.57 Å². The van der Waals surface area contributed by atoms with Gasteiger partial charge in [0.2, 0.25) is 5.78 Å². The fraction of sp³-hybridized carbons (Fsp3) is 0.333. The van der Waals surface area contributed by atoms with Gasteiger partial charge in [-0.25, -0.2) is 4.79 Å². The molecule has 23 heavy (non-hydrogen) atoms. The molecule has 1 aromatic heterocycles. The third kappa shape index (κ3) is 3.44. The number of Topliss-reactive ketones (excluding diaryl/α,β-unsaturated/α-hetero) is 1. The largest absolute Gasteiger partial charge is 0.507 e. The van der Waals surface area contributed by atoms with Crippen molar-refractivity contribution < 1.29 is 19.4 Å². The lowest BCUT2D eigenvalue weighted by molar-refractivity contribution is 0.0471. The number of benzene rings is 1. The van der Waals surface area contributed by atoms with Crippen molar-refractivity contribution in [3.8, 4) is 5.75 Å². The number of hydrogen-bond acceptors (Lipinski definition) is 4. The molecular weight excluding hydrogens is 294 g/mol. The number of esters is 1. The number of ether oxygens (including phenoxy) is 1. The van der Waals surface area contributed by atoms with Gasteiger partial charge < -0.3 is 14.4 Å². The van der Waals surface area contributed by atoms with Crippen molar-refractivity contribution in [2.75, 3.05) is 6.61 Å². The van der Waals surface area contributed by atoms with E-state index in [1.807, 2.05) is 33.8 Å². The molecule has 2 aromatic rings. The number of aromatic nitrogens is 1. The summed E-state index contributed by atoms with van der Waals surface area (Å²) in [6, 6.07) is 8.14. The Morgan fingerprint density at radius 3 is 2.39 bits per heavy atom. The van der Waals surface area contributed by atoms with Crippen molar-refractivity contribution >= 4 is 11.8 Å². The van der Waals surface area contributed by atoms with Gasteiger partial charge in [-0.15, -0.1) is 0 Å². The first-order valence-electron chi connectivity index (χ1n) is 7.49. The summed E-state index contributed by atoms with van der Waals surface area (Å²) in [7, 11) is 0. The minimum absolute atomic E-state index is 0.0490. The number of carbonyl (C=O) groups is 2. The van der Waals surface area contributed by atoms with Gasteiger partial charge in [-0.3, -0.25) is 4.79 Å². The van der Waals surface area contributed by atoms with Gasteiger partial charge in [0, 0.05) is 23.0 Å². The quantitative estimate of drug-likeness (QED) is 0.678. The van der Waals surface area contributed by atoms with E-state index in [0.29, 0.717) is 5.56 Å². The lowest BCUT2D eigenvalue weighted by Crippen LogP contribution is -2.15. The smallest absolute Gasteiger partial charge is 0.342 e. The molecular formula is C18H21NO4. The number of carbonyl (C=O) groups excluding carboxylic acids is 2. The molecule has 0 aliphatic heterocycles. The Morgan fingerprint density at radius 1 is 1.17 bits per heavy atom. The van der Waals surface area contributed by atoms with Crippen LogP contribution in [0.25, 0.3) is 0 Å². The van der Waals surface area contributed by atoms with Crippen LogP contribution in [0.5, 0.6) is 5.75 Å². The predicted octanol–water partition coefficient (Wildman–Crippen LogP) is 3.43. The monoisotopic (exact) mass is 315 g/mol. The van der Waals surface area contributed by atoms with Crippen LogP contribution in [0.1, 0.15) is 52.0 Å². The van der Waals surface area contributed by atoms with Gasteiger partial charge >= 0.3 is 5.97 Å². The lowest BCUT2D eigenvalue weighted by atomic mass is 10.1. The highest BCUT2D eigenvalue weighted by Crippen LogP contribution is 2.21. The molecule has 0 bridgehead atoms. The second-order valence-corrected chi connectivity index (χ2v) is 5.77. The molecule has 0 aliphatic rings. The summed E-state index contributed by atoms with van der Waals surface area (Å²) in [4.78, 5) is 24.2. The maximum Gasteiger partial charge on any atom is 0.342 e. The molecule has 0 saturated heterocycles. The molecule has 0 fully saturated rings. The number of ketones is 1. The number of aromatic hydroxyl groups is 1. The van der Waals surface area contributed by atoms with Crippen molar-refractivity contribution in [2.45, 2.75) is 33.7 Å². The van der Waals surface area contributed by atoms with Crippen LogP contribution in [-0.2, 0) is 4.74 Å². The fourth-order valence-corrected chi connectivity index (χ4v) is 2.79. The van der Waals surface area contributed by atoms with Crippen molar-refractivity contribution in [1.29, 1.82) is 0 Å². The Hall–Kier alpha value is -2.56. The Balaban J connectivity index is 2.10. The highest BCUT2D eigenvalue weighted by Gasteiger charge is 2.19. The summed E-state index contributed by atoms with van der Waals surface area (Å²) >= 11 is 0. The third-order valence-electron chi connectivity index (χ3n) is 3.76. The van der Waals surface area contributed by atoms with Crippen LogP contribution < -0.4 is 0 Å². The van der Waals surface area contributed by atoms with E-state index in [9.17, 15) is 14.7 Å². The molecule has 122 valence electrons. The van der Waals surface area contributed by atoms with Gasteiger partial charge in [-0.2, -0.15) is 0 Å². The molecule has 5 nitrogen and oxygen atoms in total. The van der Waals surface area contributed by atoms with Crippen LogP contribution in [0.2, 0.25) is 0 Å². The van der Waals surface area contributed by atoms with Crippen LogP contribution in [0.3, 0.4) is 0 Å². The van der Waals surface area contributed by atoms with Crippen LogP contribution in [0, 0.1) is 13.8 Å². The SMILES string of the molecule is Cc1cc(C(=O)COC(=O)c2ccccc2O)c(C)n1C(C)C. The highest BCUT2D eigenvalue weighted by atomic mass is 16.5. The zero-order valence-corrected chi connectivity index (χ0v) is 13.8. The Kier molecular flexibility index (Phi) is 4.89. The molecule has 0 radical (unpaired) electrons. The average Bonchev–Trinajstić information content (AvgIpc) is 2.80. The van der Waals surface area contributed by atoms with Crippen LogP contribution >= 0.6 is 0 Å². The van der Waals surface area contributed by atoms with E-state index in [-0.39, 0.29) is 29.7 Å². The Labute approximate surface area is 135 Å². The van der Waals surface area contributed by atoms with Gasteiger partial charge in [0.15, 0.2) is 6.61 Å². The average molecular weight is 315 g/mol. The summed E-state index contributed by atoms with van der Waals surface area (Å²) in [5.74, 6) is -1.13. The summed E-state index contributed by atoms with van der Waals surface area (Å²) in [6.07, 6.45) is 0. The summed E-state index contributed by atoms with van der Waals surface area (Å²) < 4.78 is 7.10. The molecule has 0 atom stereocenters. The minimum atomic E-state index is -0.714. The Bertz CT molecular complexity index is 743. The summed E-state index contributed by atoms with van der Waals surface area (Å²) in [5.41, 5.74) is 2.46. The van der Waals surface area contributed by atoms with Gasteiger partial charge in [-0.1, -0.05) is 12.1 Å². The maximum absolute atomic E-state index is 12.3. The van der Waals surface area contributed by atoms with Crippen LogP contribution in [0.4, 0.5) is 0 Å². The van der Waals surface area contributed by atoms with E-state index < -0.39 is 5.97 Å². The van der Waals surface area contributed by atoms with Gasteiger partial charge in [0.1, 0.15) is 11.3 Å². The van der Waals surface area contributed by atoms with Gasteiger partial charge in [0.05, 0.1) is 0 Å². The standard InChI is InChI=1S/C18H21NO4/c1-11(2)19-12(3)9-15(13(19)4)17(21)10-23-18(22)14-7-5-6-8-16(14)20/h5-9,11,20H,10H2,1-4H3. The predicted molar refractivity (Wildman–Crippen MR) is 87.0 cm³/mol. The van der Waals surface area contributed by atoms with E-state index in [1.165, 1.54) is 12.1 Å². The molecule has 0 spiro atoms. The van der Waals surface area contributed by atoms with Crippen molar-refractivity contribution in [3.63, 3.8) is 0 Å². The molecule has 1 heterocycles. The first-order valence-corrected chi connectivity index (χ1v) is 7.49. The first kappa shape index (κ1) is 16.8. The van der Waals surface area contributed by atoms with Crippen LogP contribution in [0.15, 0.2) is 30.3 Å². The zero-order valence-electron chi connectivity index (χ0n) is 13.8. The minimum Gasteiger partial charge on any atom is -0.507 e.